The van der Waals surface area contributed by atoms with Gasteiger partial charge in [-0.25, -0.2) is 9.97 Å². The lowest BCUT2D eigenvalue weighted by atomic mass is 10.1. The highest BCUT2D eigenvalue weighted by atomic mass is 35.5. The largest absolute Gasteiger partial charge is 0.469 e. The molecule has 3 aromatic heterocycles. The van der Waals surface area contributed by atoms with Gasteiger partial charge in [0, 0.05) is 47.4 Å². The first-order valence-electron chi connectivity index (χ1n) is 9.29. The van der Waals surface area contributed by atoms with Crippen LogP contribution >= 0.6 is 23.2 Å². The van der Waals surface area contributed by atoms with Crippen molar-refractivity contribution >= 4 is 23.2 Å². The van der Waals surface area contributed by atoms with Crippen LogP contribution in [0.3, 0.4) is 0 Å². The Labute approximate surface area is 184 Å². The van der Waals surface area contributed by atoms with Crippen LogP contribution in [-0.4, -0.2) is 19.5 Å². The number of benzene rings is 1. The van der Waals surface area contributed by atoms with Crippen LogP contribution in [-0.2, 0) is 13.2 Å². The zero-order valence-corrected chi connectivity index (χ0v) is 17.5. The number of halogens is 2. The Balaban J connectivity index is 1.45. The number of rotatable bonds is 7. The zero-order valence-electron chi connectivity index (χ0n) is 16.0. The molecule has 0 saturated heterocycles. The summed E-state index contributed by atoms with van der Waals surface area (Å²) in [5.74, 6) is 1.24. The van der Waals surface area contributed by atoms with E-state index in [-0.39, 0.29) is 12.6 Å². The van der Waals surface area contributed by atoms with Gasteiger partial charge in [0.05, 0.1) is 11.7 Å². The Morgan fingerprint density at radius 3 is 2.53 bits per heavy atom. The van der Waals surface area contributed by atoms with Crippen molar-refractivity contribution in [3.63, 3.8) is 0 Å². The molecular weight excluding hydrogens is 421 g/mol. The van der Waals surface area contributed by atoms with Crippen LogP contribution in [0, 0.1) is 0 Å². The molecule has 0 fully saturated rings. The molecule has 1 aromatic carbocycles. The second kappa shape index (κ2) is 9.26. The van der Waals surface area contributed by atoms with E-state index < -0.39 is 0 Å². The van der Waals surface area contributed by atoms with E-state index in [1.807, 2.05) is 47.2 Å². The van der Waals surface area contributed by atoms with Crippen molar-refractivity contribution in [3.8, 4) is 5.88 Å². The van der Waals surface area contributed by atoms with Crippen molar-refractivity contribution in [1.29, 1.82) is 0 Å². The zero-order chi connectivity index (χ0) is 20.9. The number of imidazole rings is 1. The summed E-state index contributed by atoms with van der Waals surface area (Å²) in [5.41, 5.74) is 8.96. The number of pyridine rings is 2. The van der Waals surface area contributed by atoms with Crippen molar-refractivity contribution in [2.24, 2.45) is 5.73 Å². The standard InChI is InChI=1S/C22H19Cl2N5O/c23-17-10-15(11-18(24)12-17)13-29-9-8-27-20(29)14-30-21-3-1-2-19(28-21)22(25)16-4-6-26-7-5-16/h1-12,22H,13-14,25H2. The predicted molar refractivity (Wildman–Crippen MR) is 117 cm³/mol. The molecule has 0 saturated carbocycles. The van der Waals surface area contributed by atoms with Gasteiger partial charge in [-0.2, -0.15) is 0 Å². The van der Waals surface area contributed by atoms with Gasteiger partial charge in [-0.1, -0.05) is 29.3 Å². The Hall–Kier alpha value is -2.93. The lowest BCUT2D eigenvalue weighted by Crippen LogP contribution is -2.14. The second-order valence-electron chi connectivity index (χ2n) is 6.70. The predicted octanol–water partition coefficient (Wildman–Crippen LogP) is 4.66. The van der Waals surface area contributed by atoms with E-state index >= 15 is 0 Å². The van der Waals surface area contributed by atoms with Gasteiger partial charge in [-0.3, -0.25) is 4.98 Å². The van der Waals surface area contributed by atoms with Crippen LogP contribution in [0.2, 0.25) is 10.0 Å². The minimum absolute atomic E-state index is 0.266. The third-order valence-corrected chi connectivity index (χ3v) is 4.99. The Morgan fingerprint density at radius 2 is 1.77 bits per heavy atom. The molecule has 0 aliphatic rings. The number of hydrogen-bond donors (Lipinski definition) is 1. The molecule has 0 aliphatic carbocycles. The first-order chi connectivity index (χ1) is 14.6. The summed E-state index contributed by atoms with van der Waals surface area (Å²) in [6, 6.07) is 14.4. The lowest BCUT2D eigenvalue weighted by molar-refractivity contribution is 0.278. The van der Waals surface area contributed by atoms with Crippen molar-refractivity contribution in [2.45, 2.75) is 19.2 Å². The van der Waals surface area contributed by atoms with Gasteiger partial charge in [-0.15, -0.1) is 0 Å². The highest BCUT2D eigenvalue weighted by molar-refractivity contribution is 6.34. The maximum absolute atomic E-state index is 6.33. The fourth-order valence-electron chi connectivity index (χ4n) is 3.09. The molecule has 0 radical (unpaired) electrons. The Kier molecular flexibility index (Phi) is 6.28. The molecule has 4 aromatic rings. The molecule has 0 spiro atoms. The fourth-order valence-corrected chi connectivity index (χ4v) is 3.66. The van der Waals surface area contributed by atoms with Crippen LogP contribution in [0.25, 0.3) is 0 Å². The molecule has 8 heteroatoms. The molecule has 1 unspecified atom stereocenters. The molecule has 6 nitrogen and oxygen atoms in total. The molecular formula is C22H19Cl2N5O. The normalized spacial score (nSPS) is 12.0. The van der Waals surface area contributed by atoms with Crippen molar-refractivity contribution in [1.82, 2.24) is 19.5 Å². The quantitative estimate of drug-likeness (QED) is 0.453. The Morgan fingerprint density at radius 1 is 1.00 bits per heavy atom. The third-order valence-electron chi connectivity index (χ3n) is 4.56. The molecule has 0 aliphatic heterocycles. The highest BCUT2D eigenvalue weighted by Crippen LogP contribution is 2.21. The van der Waals surface area contributed by atoms with Crippen LogP contribution < -0.4 is 10.5 Å². The van der Waals surface area contributed by atoms with Gasteiger partial charge in [0.15, 0.2) is 0 Å². The molecule has 2 N–H and O–H groups in total. The van der Waals surface area contributed by atoms with Gasteiger partial charge in [-0.05, 0) is 47.5 Å². The number of aromatic nitrogens is 4. The fraction of sp³-hybridized carbons (Fsp3) is 0.136. The first-order valence-corrected chi connectivity index (χ1v) is 10.0. The van der Waals surface area contributed by atoms with E-state index in [0.717, 1.165) is 22.6 Å². The molecule has 3 heterocycles. The van der Waals surface area contributed by atoms with E-state index in [1.54, 1.807) is 30.7 Å². The van der Waals surface area contributed by atoms with Crippen LogP contribution in [0.5, 0.6) is 5.88 Å². The van der Waals surface area contributed by atoms with Gasteiger partial charge in [0.2, 0.25) is 5.88 Å². The molecule has 4 rings (SSSR count). The highest BCUT2D eigenvalue weighted by Gasteiger charge is 2.12. The van der Waals surface area contributed by atoms with Crippen LogP contribution in [0.15, 0.2) is 73.3 Å². The maximum atomic E-state index is 6.33. The molecule has 1 atom stereocenters. The van der Waals surface area contributed by atoms with E-state index in [0.29, 0.717) is 22.5 Å². The molecule has 0 amide bonds. The monoisotopic (exact) mass is 439 g/mol. The minimum atomic E-state index is -0.355. The second-order valence-corrected chi connectivity index (χ2v) is 7.57. The average molecular weight is 440 g/mol. The molecule has 30 heavy (non-hydrogen) atoms. The van der Waals surface area contributed by atoms with Crippen molar-refractivity contribution in [3.05, 3.63) is 106 Å². The SMILES string of the molecule is NC(c1ccncc1)c1cccc(OCc2nccn2Cc2cc(Cl)cc(Cl)c2)n1. The average Bonchev–Trinajstić information content (AvgIpc) is 3.18. The summed E-state index contributed by atoms with van der Waals surface area (Å²) < 4.78 is 7.87. The topological polar surface area (TPSA) is 78.9 Å². The van der Waals surface area contributed by atoms with Crippen molar-refractivity contribution < 1.29 is 4.74 Å². The number of nitrogens with two attached hydrogens (primary N) is 1. The summed E-state index contributed by atoms with van der Waals surface area (Å²) in [7, 11) is 0. The maximum Gasteiger partial charge on any atom is 0.213 e. The van der Waals surface area contributed by atoms with E-state index in [2.05, 4.69) is 15.0 Å². The lowest BCUT2D eigenvalue weighted by Gasteiger charge is -2.13. The van der Waals surface area contributed by atoms with E-state index in [1.165, 1.54) is 0 Å². The number of hydrogen-bond acceptors (Lipinski definition) is 5. The van der Waals surface area contributed by atoms with Crippen LogP contribution in [0.1, 0.15) is 28.7 Å². The van der Waals surface area contributed by atoms with E-state index in [4.69, 9.17) is 33.7 Å². The number of nitrogens with zero attached hydrogens (tertiary/aromatic N) is 4. The van der Waals surface area contributed by atoms with Gasteiger partial charge >= 0.3 is 0 Å². The van der Waals surface area contributed by atoms with Gasteiger partial charge < -0.3 is 15.0 Å². The minimum Gasteiger partial charge on any atom is -0.469 e. The van der Waals surface area contributed by atoms with Gasteiger partial charge in [0.25, 0.3) is 0 Å². The molecule has 0 bridgehead atoms. The summed E-state index contributed by atoms with van der Waals surface area (Å²) in [5, 5.41) is 1.20. The number of ether oxygens (including phenoxy) is 1. The summed E-state index contributed by atoms with van der Waals surface area (Å²) in [6.07, 6.45) is 7.04. The van der Waals surface area contributed by atoms with Crippen molar-refractivity contribution in [2.75, 3.05) is 0 Å². The van der Waals surface area contributed by atoms with Gasteiger partial charge in [0.1, 0.15) is 12.4 Å². The Bertz CT molecular complexity index is 1110. The van der Waals surface area contributed by atoms with Crippen LogP contribution in [0.4, 0.5) is 0 Å². The van der Waals surface area contributed by atoms with E-state index in [9.17, 15) is 0 Å². The molecule has 152 valence electrons. The summed E-state index contributed by atoms with van der Waals surface area (Å²) in [6.45, 7) is 0.849. The summed E-state index contributed by atoms with van der Waals surface area (Å²) in [4.78, 5) is 13.0. The smallest absolute Gasteiger partial charge is 0.213 e. The summed E-state index contributed by atoms with van der Waals surface area (Å²) >= 11 is 12.2. The third kappa shape index (κ3) is 4.97. The first kappa shape index (κ1) is 20.3.